The number of hydrogen-bond acceptors (Lipinski definition) is 8. The fourth-order valence-corrected chi connectivity index (χ4v) is 1.50. The molecule has 2 aromatic heterocycles. The zero-order valence-corrected chi connectivity index (χ0v) is 10.7. The van der Waals surface area contributed by atoms with Crippen molar-refractivity contribution < 1.29 is 9.02 Å². The van der Waals surface area contributed by atoms with E-state index in [9.17, 15) is 4.39 Å². The van der Waals surface area contributed by atoms with Crippen LogP contribution in [0.25, 0.3) is 11.3 Å². The van der Waals surface area contributed by atoms with E-state index < -0.39 is 0 Å². The molecule has 0 saturated carbocycles. The second-order valence-electron chi connectivity index (χ2n) is 3.61. The number of fused-ring (bicyclic) bond motifs is 1. The third kappa shape index (κ3) is 2.58. The number of anilines is 3. The Kier molecular flexibility index (Phi) is 3.91. The van der Waals surface area contributed by atoms with Crippen LogP contribution in [0.4, 0.5) is 21.7 Å². The van der Waals surface area contributed by atoms with Gasteiger partial charge in [0.2, 0.25) is 11.3 Å². The molecule has 0 spiro atoms. The van der Waals surface area contributed by atoms with Gasteiger partial charge in [0, 0.05) is 5.69 Å². The van der Waals surface area contributed by atoms with Crippen molar-refractivity contribution in [2.75, 3.05) is 10.7 Å². The molecule has 0 fully saturated rings. The molecule has 0 unspecified atom stereocenters. The van der Waals surface area contributed by atoms with Gasteiger partial charge in [-0.1, -0.05) is 0 Å². The minimum atomic E-state index is -0.329. The minimum Gasteiger partial charge on any atom is -0.337 e. The summed E-state index contributed by atoms with van der Waals surface area (Å²) in [6.45, 7) is 0. The highest BCUT2D eigenvalue weighted by molar-refractivity contribution is 5.85. The van der Waals surface area contributed by atoms with Crippen LogP contribution < -0.4 is 16.6 Å². The van der Waals surface area contributed by atoms with E-state index in [1.54, 1.807) is 12.1 Å². The molecule has 104 valence electrons. The smallest absolute Gasteiger partial charge is 0.245 e. The molecule has 10 heteroatoms. The lowest BCUT2D eigenvalue weighted by atomic mass is 10.3. The van der Waals surface area contributed by atoms with Crippen LogP contribution in [0.2, 0.25) is 0 Å². The summed E-state index contributed by atoms with van der Waals surface area (Å²) in [6, 6.07) is 5.76. The lowest BCUT2D eigenvalue weighted by molar-refractivity contribution is 0.314. The highest BCUT2D eigenvalue weighted by Gasteiger charge is 2.11. The quantitative estimate of drug-likeness (QED) is 0.493. The Bertz CT molecular complexity index is 717. The molecule has 0 aliphatic carbocycles. The molecule has 8 nitrogen and oxygen atoms in total. The Morgan fingerprint density at radius 1 is 1.00 bits per heavy atom. The van der Waals surface area contributed by atoms with Crippen LogP contribution in [0.3, 0.4) is 0 Å². The second-order valence-corrected chi connectivity index (χ2v) is 3.61. The Hall–Kier alpha value is -2.52. The van der Waals surface area contributed by atoms with Gasteiger partial charge in [-0.05, 0) is 34.6 Å². The van der Waals surface area contributed by atoms with E-state index in [4.69, 9.17) is 5.84 Å². The van der Waals surface area contributed by atoms with Crippen LogP contribution in [0, 0.1) is 5.82 Å². The zero-order chi connectivity index (χ0) is 13.2. The van der Waals surface area contributed by atoms with E-state index in [1.807, 2.05) is 0 Å². The maximum atomic E-state index is 12.8. The molecule has 0 aliphatic rings. The summed E-state index contributed by atoms with van der Waals surface area (Å²) in [7, 11) is 0. The molecule has 0 aliphatic heterocycles. The van der Waals surface area contributed by atoms with Gasteiger partial charge in [0.25, 0.3) is 0 Å². The van der Waals surface area contributed by atoms with Gasteiger partial charge < -0.3 is 10.7 Å². The van der Waals surface area contributed by atoms with Gasteiger partial charge in [-0.15, -0.1) is 12.4 Å². The average molecular weight is 298 g/mol. The van der Waals surface area contributed by atoms with Crippen molar-refractivity contribution in [2.24, 2.45) is 5.84 Å². The summed E-state index contributed by atoms with van der Waals surface area (Å²) >= 11 is 0. The van der Waals surface area contributed by atoms with Crippen molar-refractivity contribution in [1.82, 2.24) is 20.3 Å². The van der Waals surface area contributed by atoms with Crippen molar-refractivity contribution in [1.29, 1.82) is 0 Å². The Labute approximate surface area is 117 Å². The van der Waals surface area contributed by atoms with Crippen LogP contribution in [0.1, 0.15) is 0 Å². The number of benzene rings is 1. The van der Waals surface area contributed by atoms with Crippen molar-refractivity contribution in [3.8, 4) is 0 Å². The highest BCUT2D eigenvalue weighted by atomic mass is 35.5. The van der Waals surface area contributed by atoms with Gasteiger partial charge in [0.1, 0.15) is 5.82 Å². The summed E-state index contributed by atoms with van der Waals surface area (Å²) in [5.74, 6) is 5.63. The number of rotatable bonds is 3. The molecule has 20 heavy (non-hydrogen) atoms. The van der Waals surface area contributed by atoms with Gasteiger partial charge in [0.15, 0.2) is 11.6 Å². The second kappa shape index (κ2) is 5.63. The first-order valence-electron chi connectivity index (χ1n) is 5.26. The van der Waals surface area contributed by atoms with Crippen molar-refractivity contribution in [3.05, 3.63) is 30.1 Å². The normalized spacial score (nSPS) is 10.1. The van der Waals surface area contributed by atoms with Gasteiger partial charge in [-0.2, -0.15) is 4.98 Å². The first kappa shape index (κ1) is 13.9. The van der Waals surface area contributed by atoms with E-state index in [-0.39, 0.29) is 35.3 Å². The first-order chi connectivity index (χ1) is 9.26. The van der Waals surface area contributed by atoms with Crippen molar-refractivity contribution in [3.63, 3.8) is 0 Å². The van der Waals surface area contributed by atoms with E-state index in [2.05, 4.69) is 35.7 Å². The molecule has 0 saturated heterocycles. The topological polar surface area (TPSA) is 115 Å². The summed E-state index contributed by atoms with van der Waals surface area (Å²) in [6.07, 6.45) is 0. The largest absolute Gasteiger partial charge is 0.337 e. The van der Waals surface area contributed by atoms with E-state index in [0.29, 0.717) is 11.5 Å². The summed E-state index contributed by atoms with van der Waals surface area (Å²) in [4.78, 5) is 8.21. The number of halogens is 2. The number of nitrogens with one attached hydrogen (secondary N) is 2. The van der Waals surface area contributed by atoms with Gasteiger partial charge in [-0.3, -0.25) is 0 Å². The predicted octanol–water partition coefficient (Wildman–Crippen LogP) is 1.60. The molecule has 3 aromatic rings. The van der Waals surface area contributed by atoms with E-state index in [1.165, 1.54) is 12.1 Å². The van der Waals surface area contributed by atoms with E-state index in [0.717, 1.165) is 0 Å². The molecular formula is C10H9ClFN7O. The molecule has 1 aromatic carbocycles. The lowest BCUT2D eigenvalue weighted by Gasteiger charge is -2.08. The standard InChI is InChI=1S/C10H8FN7O.ClH/c11-5-1-3-6(4-2-5)13-7-8(16-12)15-10-9(14-7)17-19-18-10;/h1-4H,12H2,(H,13,14,17)(H,15,16,18);1H. The molecule has 0 atom stereocenters. The molecule has 0 bridgehead atoms. The lowest BCUT2D eigenvalue weighted by Crippen LogP contribution is -2.12. The maximum Gasteiger partial charge on any atom is 0.245 e. The summed E-state index contributed by atoms with van der Waals surface area (Å²) < 4.78 is 17.3. The van der Waals surface area contributed by atoms with Crippen molar-refractivity contribution >= 4 is 41.0 Å². The third-order valence-electron chi connectivity index (χ3n) is 2.36. The molecule has 2 heterocycles. The van der Waals surface area contributed by atoms with Gasteiger partial charge >= 0.3 is 0 Å². The maximum absolute atomic E-state index is 12.8. The van der Waals surface area contributed by atoms with Gasteiger partial charge in [0.05, 0.1) is 0 Å². The fraction of sp³-hybridized carbons (Fsp3) is 0. The predicted molar refractivity (Wildman–Crippen MR) is 72.1 cm³/mol. The molecule has 4 N–H and O–H groups in total. The van der Waals surface area contributed by atoms with Crippen LogP contribution >= 0.6 is 12.4 Å². The average Bonchev–Trinajstić information content (AvgIpc) is 2.87. The number of aromatic nitrogens is 4. The Morgan fingerprint density at radius 3 is 2.20 bits per heavy atom. The van der Waals surface area contributed by atoms with Crippen LogP contribution in [-0.4, -0.2) is 20.3 Å². The Morgan fingerprint density at radius 2 is 1.60 bits per heavy atom. The number of nitrogen functional groups attached to an aromatic ring is 1. The molecular weight excluding hydrogens is 289 g/mol. The summed E-state index contributed by atoms with van der Waals surface area (Å²) in [5.41, 5.74) is 3.49. The third-order valence-corrected chi connectivity index (χ3v) is 2.36. The number of nitrogens with zero attached hydrogens (tertiary/aromatic N) is 4. The Balaban J connectivity index is 0.00000147. The SMILES string of the molecule is Cl.NNc1nc2nonc2nc1Nc1ccc(F)cc1. The highest BCUT2D eigenvalue weighted by Crippen LogP contribution is 2.22. The fourth-order valence-electron chi connectivity index (χ4n) is 1.50. The van der Waals surface area contributed by atoms with Crippen molar-refractivity contribution in [2.45, 2.75) is 0 Å². The summed E-state index contributed by atoms with van der Waals surface area (Å²) in [5, 5.41) is 10.1. The monoisotopic (exact) mass is 297 g/mol. The van der Waals surface area contributed by atoms with Crippen LogP contribution in [-0.2, 0) is 0 Å². The molecule has 3 rings (SSSR count). The van der Waals surface area contributed by atoms with Gasteiger partial charge in [-0.25, -0.2) is 19.8 Å². The van der Waals surface area contributed by atoms with E-state index >= 15 is 0 Å². The first-order valence-corrected chi connectivity index (χ1v) is 5.26. The van der Waals surface area contributed by atoms with Crippen LogP contribution in [0.5, 0.6) is 0 Å². The van der Waals surface area contributed by atoms with Crippen LogP contribution in [0.15, 0.2) is 28.9 Å². The minimum absolute atomic E-state index is 0. The zero-order valence-electron chi connectivity index (χ0n) is 9.87. The number of hydrogen-bond donors (Lipinski definition) is 3. The molecule has 0 amide bonds. The molecule has 0 radical (unpaired) electrons. The number of hydrazine groups is 1. The number of nitrogens with two attached hydrogens (primary N) is 1.